The smallest absolute Gasteiger partial charge is 0.242 e. The molecule has 2 heterocycles. The molecule has 4 aromatic rings. The third-order valence-electron chi connectivity index (χ3n) is 5.64. The fourth-order valence-electron chi connectivity index (χ4n) is 4.04. The molecule has 0 bridgehead atoms. The lowest BCUT2D eigenvalue weighted by Crippen LogP contribution is -2.17. The molecule has 30 heavy (non-hydrogen) atoms. The van der Waals surface area contributed by atoms with Gasteiger partial charge in [0, 0.05) is 22.6 Å². The number of rotatable bonds is 4. The van der Waals surface area contributed by atoms with Gasteiger partial charge in [0.1, 0.15) is 5.76 Å². The molecule has 156 valence electrons. The third-order valence-corrected chi connectivity index (χ3v) is 8.97. The second kappa shape index (κ2) is 6.18. The molecule has 0 amide bonds. The van der Waals surface area contributed by atoms with Crippen LogP contribution in [0.4, 0.5) is 0 Å². The van der Waals surface area contributed by atoms with Crippen LogP contribution in [0.3, 0.4) is 0 Å². The van der Waals surface area contributed by atoms with Gasteiger partial charge in [0.15, 0.2) is 9.84 Å². The Morgan fingerprint density at radius 1 is 0.967 bits per heavy atom. The van der Waals surface area contributed by atoms with E-state index < -0.39 is 25.1 Å². The topological polar surface area (TPSA) is 99.2 Å². The molecule has 1 aliphatic carbocycles. The Labute approximate surface area is 174 Å². The SMILES string of the molecule is Cc1noc(C)c1-c1ccc2c(c1)c1ccc(S(C)(=O)=O)cc1n2S(=O)(=O)C1CC1. The number of hydrogen-bond donors (Lipinski definition) is 0. The van der Waals surface area contributed by atoms with E-state index in [1.54, 1.807) is 12.1 Å². The maximum atomic E-state index is 13.3. The van der Waals surface area contributed by atoms with E-state index in [9.17, 15) is 16.8 Å². The molecule has 0 radical (unpaired) electrons. The van der Waals surface area contributed by atoms with Crippen LogP contribution in [-0.2, 0) is 19.9 Å². The lowest BCUT2D eigenvalue weighted by molar-refractivity contribution is 0.393. The highest BCUT2D eigenvalue weighted by molar-refractivity contribution is 7.91. The molecule has 0 saturated heterocycles. The van der Waals surface area contributed by atoms with E-state index in [4.69, 9.17) is 4.52 Å². The van der Waals surface area contributed by atoms with Crippen LogP contribution in [0.1, 0.15) is 24.3 Å². The van der Waals surface area contributed by atoms with Crippen LogP contribution in [0.15, 0.2) is 45.8 Å². The molecule has 5 rings (SSSR count). The second-order valence-corrected chi connectivity index (χ2v) is 12.0. The largest absolute Gasteiger partial charge is 0.361 e. The summed E-state index contributed by atoms with van der Waals surface area (Å²) in [7, 11) is -7.11. The molecule has 1 saturated carbocycles. The van der Waals surface area contributed by atoms with Crippen LogP contribution in [0, 0.1) is 13.8 Å². The van der Waals surface area contributed by atoms with Crippen molar-refractivity contribution in [3.05, 3.63) is 47.9 Å². The molecule has 0 N–H and O–H groups in total. The van der Waals surface area contributed by atoms with E-state index in [1.165, 1.54) is 16.1 Å². The average Bonchev–Trinajstić information content (AvgIpc) is 3.42. The van der Waals surface area contributed by atoms with Crippen LogP contribution in [-0.4, -0.2) is 37.5 Å². The highest BCUT2D eigenvalue weighted by atomic mass is 32.2. The Bertz CT molecular complexity index is 1540. The van der Waals surface area contributed by atoms with Gasteiger partial charge < -0.3 is 4.52 Å². The zero-order chi connectivity index (χ0) is 21.4. The van der Waals surface area contributed by atoms with Gasteiger partial charge in [0.25, 0.3) is 0 Å². The van der Waals surface area contributed by atoms with Crippen molar-refractivity contribution in [3.63, 3.8) is 0 Å². The molecule has 7 nitrogen and oxygen atoms in total. The van der Waals surface area contributed by atoms with E-state index in [0.717, 1.165) is 28.5 Å². The Morgan fingerprint density at radius 2 is 1.70 bits per heavy atom. The number of aromatic nitrogens is 2. The van der Waals surface area contributed by atoms with E-state index in [2.05, 4.69) is 5.16 Å². The van der Waals surface area contributed by atoms with Crippen molar-refractivity contribution < 1.29 is 21.4 Å². The number of aryl methyl sites for hydroxylation is 2. The second-order valence-electron chi connectivity index (χ2n) is 7.89. The first-order chi connectivity index (χ1) is 14.1. The summed E-state index contributed by atoms with van der Waals surface area (Å²) in [5.41, 5.74) is 3.42. The van der Waals surface area contributed by atoms with Gasteiger partial charge >= 0.3 is 0 Å². The van der Waals surface area contributed by atoms with Crippen molar-refractivity contribution in [3.8, 4) is 11.1 Å². The molecule has 1 fully saturated rings. The van der Waals surface area contributed by atoms with Gasteiger partial charge in [-0.2, -0.15) is 0 Å². The molecular formula is C21H20N2O5S2. The summed E-state index contributed by atoms with van der Waals surface area (Å²) < 4.78 is 57.3. The van der Waals surface area contributed by atoms with Crippen LogP contribution in [0.25, 0.3) is 32.9 Å². The van der Waals surface area contributed by atoms with E-state index in [1.807, 2.05) is 26.0 Å². The molecule has 9 heteroatoms. The fourth-order valence-corrected chi connectivity index (χ4v) is 6.57. The van der Waals surface area contributed by atoms with Crippen molar-refractivity contribution in [1.82, 2.24) is 9.13 Å². The summed E-state index contributed by atoms with van der Waals surface area (Å²) in [6, 6.07) is 10.2. The van der Waals surface area contributed by atoms with Gasteiger partial charge in [0.05, 0.1) is 26.9 Å². The summed E-state index contributed by atoms with van der Waals surface area (Å²) >= 11 is 0. The zero-order valence-corrected chi connectivity index (χ0v) is 18.3. The van der Waals surface area contributed by atoms with Gasteiger partial charge in [-0.05, 0) is 56.5 Å². The van der Waals surface area contributed by atoms with Crippen molar-refractivity contribution >= 4 is 41.7 Å². The minimum atomic E-state index is -3.63. The van der Waals surface area contributed by atoms with E-state index >= 15 is 0 Å². The quantitative estimate of drug-likeness (QED) is 0.475. The summed E-state index contributed by atoms with van der Waals surface area (Å²) in [6.45, 7) is 3.69. The fraction of sp³-hybridized carbons (Fsp3) is 0.286. The Morgan fingerprint density at radius 3 is 2.30 bits per heavy atom. The van der Waals surface area contributed by atoms with Crippen LogP contribution < -0.4 is 0 Å². The van der Waals surface area contributed by atoms with Crippen LogP contribution >= 0.6 is 0 Å². The minimum absolute atomic E-state index is 0.0935. The molecule has 2 aromatic heterocycles. The lowest BCUT2D eigenvalue weighted by atomic mass is 10.0. The maximum absolute atomic E-state index is 13.3. The Hall–Kier alpha value is -2.65. The molecule has 0 spiro atoms. The maximum Gasteiger partial charge on any atom is 0.242 e. The van der Waals surface area contributed by atoms with E-state index in [0.29, 0.717) is 35.0 Å². The van der Waals surface area contributed by atoms with Crippen molar-refractivity contribution in [2.45, 2.75) is 36.8 Å². The third kappa shape index (κ3) is 2.79. The standard InChI is InChI=1S/C21H20N2O5S2/c1-12-21(13(2)28-22-12)14-4-9-19-18(10-14)17-8-7-16(29(3,24)25)11-20(17)23(19)30(26,27)15-5-6-15/h4,7-11,15H,5-6H2,1-3H3. The average molecular weight is 445 g/mol. The monoisotopic (exact) mass is 444 g/mol. The lowest BCUT2D eigenvalue weighted by Gasteiger charge is -2.09. The highest BCUT2D eigenvalue weighted by Gasteiger charge is 2.39. The Balaban J connectivity index is 1.89. The summed E-state index contributed by atoms with van der Waals surface area (Å²) in [5, 5.41) is 5.01. The van der Waals surface area contributed by atoms with Crippen molar-refractivity contribution in [2.24, 2.45) is 0 Å². The Kier molecular flexibility index (Phi) is 3.98. The first-order valence-electron chi connectivity index (χ1n) is 9.55. The highest BCUT2D eigenvalue weighted by Crippen LogP contribution is 2.39. The first-order valence-corrected chi connectivity index (χ1v) is 12.9. The summed E-state index contributed by atoms with van der Waals surface area (Å²) in [6.07, 6.45) is 2.35. The van der Waals surface area contributed by atoms with Crippen molar-refractivity contribution in [2.75, 3.05) is 6.26 Å². The van der Waals surface area contributed by atoms with Gasteiger partial charge in [-0.1, -0.05) is 17.3 Å². The summed E-state index contributed by atoms with van der Waals surface area (Å²) in [4.78, 5) is 0.0935. The normalized spacial score (nSPS) is 15.3. The molecule has 0 unspecified atom stereocenters. The summed E-state index contributed by atoms with van der Waals surface area (Å²) in [5.74, 6) is 0.681. The van der Waals surface area contributed by atoms with Crippen LogP contribution in [0.5, 0.6) is 0 Å². The molecule has 0 atom stereocenters. The number of hydrogen-bond acceptors (Lipinski definition) is 6. The zero-order valence-electron chi connectivity index (χ0n) is 16.7. The molecule has 0 aliphatic heterocycles. The van der Waals surface area contributed by atoms with Gasteiger partial charge in [-0.3, -0.25) is 0 Å². The molecular weight excluding hydrogens is 424 g/mol. The van der Waals surface area contributed by atoms with Crippen LogP contribution in [0.2, 0.25) is 0 Å². The van der Waals surface area contributed by atoms with Gasteiger partial charge in [-0.15, -0.1) is 0 Å². The first kappa shape index (κ1) is 19.3. The predicted molar refractivity (Wildman–Crippen MR) is 115 cm³/mol. The van der Waals surface area contributed by atoms with Gasteiger partial charge in [0.2, 0.25) is 10.0 Å². The molecule has 2 aromatic carbocycles. The predicted octanol–water partition coefficient (Wildman–Crippen LogP) is 3.81. The number of benzene rings is 2. The number of nitrogens with zero attached hydrogens (tertiary/aromatic N) is 2. The minimum Gasteiger partial charge on any atom is -0.361 e. The van der Waals surface area contributed by atoms with Gasteiger partial charge in [-0.25, -0.2) is 20.8 Å². The van der Waals surface area contributed by atoms with E-state index in [-0.39, 0.29) is 4.90 Å². The molecule has 1 aliphatic rings. The van der Waals surface area contributed by atoms with Crippen molar-refractivity contribution in [1.29, 1.82) is 0 Å². The number of fused-ring (bicyclic) bond motifs is 3. The number of sulfone groups is 1.